The number of hydrogen-bond acceptors (Lipinski definition) is 7. The SMILES string of the molecule is N#CC(=CNc1cccc(-c2nc(-c3ccccc3)c(-c3ccccc3)s2)c1)c1nn[nH]n1. The number of thiazole rings is 1. The summed E-state index contributed by atoms with van der Waals surface area (Å²) in [6.07, 6.45) is 1.57. The van der Waals surface area contributed by atoms with Crippen molar-refractivity contribution < 1.29 is 0 Å². The van der Waals surface area contributed by atoms with Gasteiger partial charge in [0.05, 0.1) is 10.6 Å². The van der Waals surface area contributed by atoms with Crippen LogP contribution in [0.3, 0.4) is 0 Å². The van der Waals surface area contributed by atoms with Gasteiger partial charge in [0.2, 0.25) is 5.82 Å². The summed E-state index contributed by atoms with van der Waals surface area (Å²) in [5, 5.41) is 27.0. The Kier molecular flexibility index (Phi) is 5.70. The number of anilines is 1. The van der Waals surface area contributed by atoms with Crippen LogP contribution in [0.25, 0.3) is 37.8 Å². The number of aromatic amines is 1. The number of nitriles is 1. The predicted octanol–water partition coefficient (Wildman–Crippen LogP) is 5.63. The van der Waals surface area contributed by atoms with Gasteiger partial charge in [-0.25, -0.2) is 4.98 Å². The van der Waals surface area contributed by atoms with Crippen molar-refractivity contribution in [2.75, 3.05) is 5.32 Å². The van der Waals surface area contributed by atoms with Gasteiger partial charge in [-0.2, -0.15) is 10.5 Å². The lowest BCUT2D eigenvalue weighted by atomic mass is 10.1. The van der Waals surface area contributed by atoms with Crippen LogP contribution in [0.15, 0.2) is 91.1 Å². The van der Waals surface area contributed by atoms with Crippen LogP contribution < -0.4 is 5.32 Å². The molecule has 0 spiro atoms. The van der Waals surface area contributed by atoms with E-state index in [2.05, 4.69) is 56.3 Å². The highest BCUT2D eigenvalue weighted by molar-refractivity contribution is 7.19. The maximum Gasteiger partial charge on any atom is 0.216 e. The zero-order chi connectivity index (χ0) is 22.5. The van der Waals surface area contributed by atoms with Gasteiger partial charge >= 0.3 is 0 Å². The lowest BCUT2D eigenvalue weighted by Gasteiger charge is -2.03. The summed E-state index contributed by atoms with van der Waals surface area (Å²) in [4.78, 5) is 6.13. The fraction of sp³-hybridized carbons (Fsp3) is 0. The molecule has 0 saturated heterocycles. The van der Waals surface area contributed by atoms with Gasteiger partial charge in [0.15, 0.2) is 0 Å². The molecule has 0 aliphatic carbocycles. The molecule has 5 aromatic rings. The van der Waals surface area contributed by atoms with Crippen LogP contribution in [0.4, 0.5) is 5.69 Å². The summed E-state index contributed by atoms with van der Waals surface area (Å²) in [6.45, 7) is 0. The summed E-state index contributed by atoms with van der Waals surface area (Å²) in [5.74, 6) is 0.237. The second-order valence-electron chi connectivity index (χ2n) is 7.06. The van der Waals surface area contributed by atoms with Crippen LogP contribution in [-0.4, -0.2) is 25.6 Å². The molecule has 0 atom stereocenters. The van der Waals surface area contributed by atoms with E-state index in [1.165, 1.54) is 0 Å². The van der Waals surface area contributed by atoms with E-state index < -0.39 is 0 Å². The van der Waals surface area contributed by atoms with Gasteiger partial charge in [0.1, 0.15) is 16.6 Å². The Hall–Kier alpha value is -4.61. The Balaban J connectivity index is 1.51. The van der Waals surface area contributed by atoms with E-state index in [-0.39, 0.29) is 11.4 Å². The molecule has 2 heterocycles. The highest BCUT2D eigenvalue weighted by Gasteiger charge is 2.16. The molecule has 0 unspecified atom stereocenters. The Bertz CT molecular complexity index is 1380. The van der Waals surface area contributed by atoms with Crippen molar-refractivity contribution in [3.63, 3.8) is 0 Å². The van der Waals surface area contributed by atoms with Crippen molar-refractivity contribution in [2.45, 2.75) is 0 Å². The number of nitrogens with zero attached hydrogens (tertiary/aromatic N) is 5. The van der Waals surface area contributed by atoms with Crippen LogP contribution in [0.1, 0.15) is 5.82 Å². The molecular formula is C25H17N7S. The van der Waals surface area contributed by atoms with Crippen LogP contribution in [0.5, 0.6) is 0 Å². The van der Waals surface area contributed by atoms with Crippen molar-refractivity contribution in [2.24, 2.45) is 0 Å². The predicted molar refractivity (Wildman–Crippen MR) is 130 cm³/mol. The van der Waals surface area contributed by atoms with Gasteiger partial charge in [-0.3, -0.25) is 0 Å². The number of benzene rings is 3. The first-order chi connectivity index (χ1) is 16.3. The Morgan fingerprint density at radius 2 is 1.64 bits per heavy atom. The van der Waals surface area contributed by atoms with Crippen molar-refractivity contribution >= 4 is 22.6 Å². The molecular weight excluding hydrogens is 430 g/mol. The number of nitrogens with one attached hydrogen (secondary N) is 2. The number of H-pyrrole nitrogens is 1. The van der Waals surface area contributed by atoms with Gasteiger partial charge in [0.25, 0.3) is 0 Å². The van der Waals surface area contributed by atoms with Crippen LogP contribution in [-0.2, 0) is 0 Å². The minimum atomic E-state index is 0.237. The average molecular weight is 448 g/mol. The third kappa shape index (κ3) is 4.39. The third-order valence-corrected chi connectivity index (χ3v) is 6.06. The minimum absolute atomic E-state index is 0.237. The van der Waals surface area contributed by atoms with Crippen molar-refractivity contribution in [3.8, 4) is 38.3 Å². The first kappa shape index (κ1) is 20.3. The number of rotatable bonds is 6. The molecule has 3 aromatic carbocycles. The zero-order valence-corrected chi connectivity index (χ0v) is 18.1. The van der Waals surface area contributed by atoms with Crippen LogP contribution >= 0.6 is 11.3 Å². The summed E-state index contributed by atoms with van der Waals surface area (Å²) >= 11 is 1.66. The number of tetrazole rings is 1. The van der Waals surface area contributed by atoms with E-state index in [1.54, 1.807) is 17.5 Å². The highest BCUT2D eigenvalue weighted by atomic mass is 32.1. The summed E-state index contributed by atoms with van der Waals surface area (Å²) in [7, 11) is 0. The molecule has 33 heavy (non-hydrogen) atoms. The fourth-order valence-corrected chi connectivity index (χ4v) is 4.43. The van der Waals surface area contributed by atoms with Crippen LogP contribution in [0.2, 0.25) is 0 Å². The normalized spacial score (nSPS) is 11.2. The summed E-state index contributed by atoms with van der Waals surface area (Å²) < 4.78 is 0. The molecule has 0 radical (unpaired) electrons. The minimum Gasteiger partial charge on any atom is -0.360 e. The van der Waals surface area contributed by atoms with Crippen molar-refractivity contribution in [1.29, 1.82) is 5.26 Å². The number of allylic oxidation sites excluding steroid dienone is 1. The second-order valence-corrected chi connectivity index (χ2v) is 8.06. The molecule has 8 heteroatoms. The third-order valence-electron chi connectivity index (χ3n) is 4.91. The molecule has 0 fully saturated rings. The van der Waals surface area contributed by atoms with Gasteiger partial charge in [0, 0.05) is 23.0 Å². The summed E-state index contributed by atoms with van der Waals surface area (Å²) in [6, 6.07) is 30.5. The average Bonchev–Trinajstić information content (AvgIpc) is 3.57. The highest BCUT2D eigenvalue weighted by Crippen LogP contribution is 2.40. The molecule has 0 amide bonds. The van der Waals surface area contributed by atoms with Crippen LogP contribution in [0, 0.1) is 11.3 Å². The lowest BCUT2D eigenvalue weighted by molar-refractivity contribution is 0.881. The Labute approximate surface area is 194 Å². The first-order valence-electron chi connectivity index (χ1n) is 10.1. The van der Waals surface area contributed by atoms with Gasteiger partial charge in [-0.1, -0.05) is 72.8 Å². The maximum absolute atomic E-state index is 9.37. The number of aromatic nitrogens is 5. The van der Waals surface area contributed by atoms with Gasteiger partial charge in [-0.05, 0) is 22.9 Å². The maximum atomic E-state index is 9.37. The van der Waals surface area contributed by atoms with E-state index in [0.717, 1.165) is 38.0 Å². The molecule has 158 valence electrons. The Morgan fingerprint density at radius 3 is 2.33 bits per heavy atom. The largest absolute Gasteiger partial charge is 0.360 e. The first-order valence-corrected chi connectivity index (χ1v) is 11.0. The van der Waals surface area contributed by atoms with Crippen molar-refractivity contribution in [1.82, 2.24) is 25.6 Å². The lowest BCUT2D eigenvalue weighted by Crippen LogP contribution is -1.93. The fourth-order valence-electron chi connectivity index (χ4n) is 3.34. The van der Waals surface area contributed by atoms with Gasteiger partial charge < -0.3 is 5.32 Å². The zero-order valence-electron chi connectivity index (χ0n) is 17.3. The molecule has 0 saturated carbocycles. The van der Waals surface area contributed by atoms with Gasteiger partial charge in [-0.15, -0.1) is 21.5 Å². The van der Waals surface area contributed by atoms with Crippen molar-refractivity contribution in [3.05, 3.63) is 97.0 Å². The number of hydrogen-bond donors (Lipinski definition) is 2. The quantitative estimate of drug-likeness (QED) is 0.327. The Morgan fingerprint density at radius 1 is 0.909 bits per heavy atom. The summed E-state index contributed by atoms with van der Waals surface area (Å²) in [5.41, 5.74) is 5.26. The molecule has 5 rings (SSSR count). The molecule has 2 N–H and O–H groups in total. The standard InChI is InChI=1S/C25H17N7S/c26-15-20(24-29-31-32-30-24)16-27-21-13-7-12-19(14-21)25-28-22(17-8-3-1-4-9-17)23(33-25)18-10-5-2-6-11-18/h1-14,16,27H,(H,29,30,31,32). The molecule has 2 aromatic heterocycles. The molecule has 0 bridgehead atoms. The monoisotopic (exact) mass is 447 g/mol. The molecule has 0 aliphatic rings. The van der Waals surface area contributed by atoms with E-state index in [9.17, 15) is 5.26 Å². The molecule has 7 nitrogen and oxygen atoms in total. The second kappa shape index (κ2) is 9.26. The van der Waals surface area contributed by atoms with E-state index in [0.29, 0.717) is 0 Å². The van der Waals surface area contributed by atoms with E-state index in [1.807, 2.05) is 60.7 Å². The molecule has 0 aliphatic heterocycles. The van der Waals surface area contributed by atoms with E-state index >= 15 is 0 Å². The topological polar surface area (TPSA) is 103 Å². The van der Waals surface area contributed by atoms with E-state index in [4.69, 9.17) is 4.98 Å². The smallest absolute Gasteiger partial charge is 0.216 e.